The first-order chi connectivity index (χ1) is 7.20. The van der Waals surface area contributed by atoms with E-state index in [2.05, 4.69) is 42.2 Å². The Morgan fingerprint density at radius 2 is 2.47 bits per heavy atom. The third-order valence-corrected chi connectivity index (χ3v) is 3.16. The molecule has 1 aromatic heterocycles. The standard InChI is InChI=1S/C12H20N2O/c1-12(6-4-8-15-12)10-13-9-11-5-3-7-14(11)2/h3,5,7,13H,4,6,8-10H2,1-2H3. The number of hydrogen-bond acceptors (Lipinski definition) is 2. The van der Waals surface area contributed by atoms with Gasteiger partial charge in [0.25, 0.3) is 0 Å². The van der Waals surface area contributed by atoms with Crippen LogP contribution in [0.4, 0.5) is 0 Å². The van der Waals surface area contributed by atoms with Crippen LogP contribution in [0.2, 0.25) is 0 Å². The van der Waals surface area contributed by atoms with Crippen LogP contribution in [0.15, 0.2) is 18.3 Å². The van der Waals surface area contributed by atoms with Gasteiger partial charge in [0.2, 0.25) is 0 Å². The summed E-state index contributed by atoms with van der Waals surface area (Å²) < 4.78 is 7.86. The first kappa shape index (κ1) is 10.7. The lowest BCUT2D eigenvalue weighted by molar-refractivity contribution is 0.0206. The van der Waals surface area contributed by atoms with Gasteiger partial charge in [-0.05, 0) is 31.9 Å². The Bertz CT molecular complexity index is 313. The molecule has 1 N–H and O–H groups in total. The fourth-order valence-corrected chi connectivity index (χ4v) is 2.11. The van der Waals surface area contributed by atoms with Crippen molar-refractivity contribution < 1.29 is 4.74 Å². The smallest absolute Gasteiger partial charge is 0.0779 e. The van der Waals surface area contributed by atoms with E-state index < -0.39 is 0 Å². The Kier molecular flexibility index (Phi) is 3.12. The van der Waals surface area contributed by atoms with E-state index in [1.54, 1.807) is 0 Å². The lowest BCUT2D eigenvalue weighted by Gasteiger charge is -2.23. The summed E-state index contributed by atoms with van der Waals surface area (Å²) in [6.07, 6.45) is 4.44. The SMILES string of the molecule is Cn1cccc1CNCC1(C)CCCO1. The average Bonchev–Trinajstić information content (AvgIpc) is 2.78. The summed E-state index contributed by atoms with van der Waals surface area (Å²) in [5, 5.41) is 3.47. The molecule has 1 aliphatic rings. The minimum atomic E-state index is 0.0607. The van der Waals surface area contributed by atoms with Crippen LogP contribution in [-0.4, -0.2) is 23.3 Å². The van der Waals surface area contributed by atoms with Gasteiger partial charge in [-0.2, -0.15) is 0 Å². The highest BCUT2D eigenvalue weighted by atomic mass is 16.5. The molecular weight excluding hydrogens is 188 g/mol. The van der Waals surface area contributed by atoms with Gasteiger partial charge in [-0.25, -0.2) is 0 Å². The van der Waals surface area contributed by atoms with Gasteiger partial charge in [-0.1, -0.05) is 0 Å². The molecule has 0 saturated carbocycles. The van der Waals surface area contributed by atoms with Crippen molar-refractivity contribution in [3.8, 4) is 0 Å². The average molecular weight is 208 g/mol. The first-order valence-electron chi connectivity index (χ1n) is 5.64. The summed E-state index contributed by atoms with van der Waals surface area (Å²) in [4.78, 5) is 0. The minimum Gasteiger partial charge on any atom is -0.374 e. The molecule has 0 amide bonds. The maximum Gasteiger partial charge on any atom is 0.0779 e. The van der Waals surface area contributed by atoms with Crippen molar-refractivity contribution in [2.24, 2.45) is 7.05 Å². The zero-order valence-corrected chi connectivity index (χ0v) is 9.62. The summed E-state index contributed by atoms with van der Waals surface area (Å²) in [5.41, 5.74) is 1.38. The molecule has 1 aromatic rings. The second-order valence-corrected chi connectivity index (χ2v) is 4.62. The normalized spacial score (nSPS) is 26.0. The summed E-state index contributed by atoms with van der Waals surface area (Å²) in [7, 11) is 2.07. The highest BCUT2D eigenvalue weighted by Gasteiger charge is 2.28. The molecule has 0 spiro atoms. The molecule has 1 aliphatic heterocycles. The zero-order chi connectivity index (χ0) is 10.7. The van der Waals surface area contributed by atoms with E-state index in [0.717, 1.165) is 19.7 Å². The molecular formula is C12H20N2O. The van der Waals surface area contributed by atoms with Crippen molar-refractivity contribution in [1.29, 1.82) is 0 Å². The van der Waals surface area contributed by atoms with E-state index in [0.29, 0.717) is 0 Å². The fraction of sp³-hybridized carbons (Fsp3) is 0.667. The monoisotopic (exact) mass is 208 g/mol. The topological polar surface area (TPSA) is 26.2 Å². The molecule has 3 nitrogen and oxygen atoms in total. The quantitative estimate of drug-likeness (QED) is 0.815. The van der Waals surface area contributed by atoms with E-state index in [-0.39, 0.29) is 5.60 Å². The Hall–Kier alpha value is -0.800. The van der Waals surface area contributed by atoms with Crippen molar-refractivity contribution in [3.63, 3.8) is 0 Å². The van der Waals surface area contributed by atoms with Crippen LogP contribution < -0.4 is 5.32 Å². The number of ether oxygens (including phenoxy) is 1. The molecule has 3 heteroatoms. The molecule has 0 aromatic carbocycles. The van der Waals surface area contributed by atoms with Gasteiger partial charge >= 0.3 is 0 Å². The van der Waals surface area contributed by atoms with Crippen LogP contribution in [0.3, 0.4) is 0 Å². The van der Waals surface area contributed by atoms with Gasteiger partial charge in [0.05, 0.1) is 5.60 Å². The summed E-state index contributed by atoms with van der Waals surface area (Å²) in [6, 6.07) is 4.22. The second kappa shape index (κ2) is 4.37. The minimum absolute atomic E-state index is 0.0607. The van der Waals surface area contributed by atoms with Gasteiger partial charge < -0.3 is 14.6 Å². The molecule has 1 fully saturated rings. The largest absolute Gasteiger partial charge is 0.374 e. The van der Waals surface area contributed by atoms with Crippen molar-refractivity contribution in [2.75, 3.05) is 13.2 Å². The molecule has 15 heavy (non-hydrogen) atoms. The lowest BCUT2D eigenvalue weighted by atomic mass is 10.0. The Labute approximate surface area is 91.4 Å². The first-order valence-corrected chi connectivity index (χ1v) is 5.64. The number of aromatic nitrogens is 1. The van der Waals surface area contributed by atoms with Gasteiger partial charge in [-0.3, -0.25) is 0 Å². The van der Waals surface area contributed by atoms with E-state index in [1.165, 1.54) is 18.5 Å². The predicted octanol–water partition coefficient (Wildman–Crippen LogP) is 1.68. The van der Waals surface area contributed by atoms with Gasteiger partial charge in [-0.15, -0.1) is 0 Å². The molecule has 0 bridgehead atoms. The third-order valence-electron chi connectivity index (χ3n) is 3.16. The predicted molar refractivity (Wildman–Crippen MR) is 60.7 cm³/mol. The van der Waals surface area contributed by atoms with Gasteiger partial charge in [0, 0.05) is 38.6 Å². The number of nitrogens with zero attached hydrogens (tertiary/aromatic N) is 1. The van der Waals surface area contributed by atoms with E-state index in [1.807, 2.05) is 0 Å². The molecule has 2 rings (SSSR count). The summed E-state index contributed by atoms with van der Waals surface area (Å²) >= 11 is 0. The second-order valence-electron chi connectivity index (χ2n) is 4.62. The third kappa shape index (κ3) is 2.61. The van der Waals surface area contributed by atoms with Crippen LogP contribution in [0, 0.1) is 0 Å². The van der Waals surface area contributed by atoms with Crippen molar-refractivity contribution in [3.05, 3.63) is 24.0 Å². The van der Waals surface area contributed by atoms with Crippen LogP contribution in [0.25, 0.3) is 0 Å². The van der Waals surface area contributed by atoms with Crippen LogP contribution in [0.1, 0.15) is 25.5 Å². The van der Waals surface area contributed by atoms with Gasteiger partial charge in [0.15, 0.2) is 0 Å². The Morgan fingerprint density at radius 3 is 3.07 bits per heavy atom. The summed E-state index contributed by atoms with van der Waals surface area (Å²) in [5.74, 6) is 0. The van der Waals surface area contributed by atoms with E-state index in [4.69, 9.17) is 4.74 Å². The molecule has 1 saturated heterocycles. The van der Waals surface area contributed by atoms with Crippen molar-refractivity contribution in [2.45, 2.75) is 31.9 Å². The lowest BCUT2D eigenvalue weighted by Crippen LogP contribution is -2.37. The Morgan fingerprint density at radius 1 is 1.60 bits per heavy atom. The number of hydrogen-bond donors (Lipinski definition) is 1. The van der Waals surface area contributed by atoms with Gasteiger partial charge in [0.1, 0.15) is 0 Å². The highest BCUT2D eigenvalue weighted by Crippen LogP contribution is 2.23. The van der Waals surface area contributed by atoms with Crippen LogP contribution in [-0.2, 0) is 18.3 Å². The summed E-state index contributed by atoms with van der Waals surface area (Å²) in [6.45, 7) is 4.97. The van der Waals surface area contributed by atoms with Crippen LogP contribution in [0.5, 0.6) is 0 Å². The molecule has 1 unspecified atom stereocenters. The molecule has 1 atom stereocenters. The fourth-order valence-electron chi connectivity index (χ4n) is 2.11. The number of nitrogens with one attached hydrogen (secondary N) is 1. The van der Waals surface area contributed by atoms with Crippen molar-refractivity contribution >= 4 is 0 Å². The molecule has 84 valence electrons. The van der Waals surface area contributed by atoms with E-state index in [9.17, 15) is 0 Å². The van der Waals surface area contributed by atoms with Crippen LogP contribution >= 0.6 is 0 Å². The maximum absolute atomic E-state index is 5.72. The zero-order valence-electron chi connectivity index (χ0n) is 9.62. The van der Waals surface area contributed by atoms with Crippen molar-refractivity contribution in [1.82, 2.24) is 9.88 Å². The highest BCUT2D eigenvalue weighted by molar-refractivity contribution is 5.06. The molecule has 0 radical (unpaired) electrons. The molecule has 2 heterocycles. The molecule has 0 aliphatic carbocycles. The Balaban J connectivity index is 1.77. The number of aryl methyl sites for hydroxylation is 1. The maximum atomic E-state index is 5.72. The van der Waals surface area contributed by atoms with E-state index >= 15 is 0 Å². The number of rotatable bonds is 4.